The standard InChI is InChI=1S/C14H20F3NS/c1-9(2)10-3-4-12-11(7-19-13(12)5-10)6-18-8-14(15,16)17/h7,9-10,18H,3-6,8H2,1-2H3. The van der Waals surface area contributed by atoms with Gasteiger partial charge in [0.15, 0.2) is 0 Å². The highest BCUT2D eigenvalue weighted by Crippen LogP contribution is 2.35. The lowest BCUT2D eigenvalue weighted by Crippen LogP contribution is -2.28. The van der Waals surface area contributed by atoms with E-state index < -0.39 is 12.7 Å². The van der Waals surface area contributed by atoms with Crippen LogP contribution < -0.4 is 5.32 Å². The van der Waals surface area contributed by atoms with Crippen molar-refractivity contribution in [3.63, 3.8) is 0 Å². The average Bonchev–Trinajstić information content (AvgIpc) is 2.70. The summed E-state index contributed by atoms with van der Waals surface area (Å²) in [6.07, 6.45) is -0.853. The smallest absolute Gasteiger partial charge is 0.305 e. The average molecular weight is 291 g/mol. The molecule has 5 heteroatoms. The minimum Gasteiger partial charge on any atom is -0.305 e. The molecular formula is C14H20F3NS. The lowest BCUT2D eigenvalue weighted by atomic mass is 9.81. The summed E-state index contributed by atoms with van der Waals surface area (Å²) in [7, 11) is 0. The third kappa shape index (κ3) is 3.96. The number of nitrogens with one attached hydrogen (secondary N) is 1. The second kappa shape index (κ2) is 5.83. The molecule has 1 aliphatic rings. The Kier molecular flexibility index (Phi) is 4.56. The zero-order valence-electron chi connectivity index (χ0n) is 11.3. The van der Waals surface area contributed by atoms with Crippen LogP contribution in [0.25, 0.3) is 0 Å². The second-order valence-electron chi connectivity index (χ2n) is 5.63. The molecule has 0 radical (unpaired) electrons. The molecule has 1 heterocycles. The number of hydrogen-bond acceptors (Lipinski definition) is 2. The van der Waals surface area contributed by atoms with Crippen LogP contribution in [0.1, 0.15) is 36.3 Å². The Morgan fingerprint density at radius 1 is 1.42 bits per heavy atom. The van der Waals surface area contributed by atoms with E-state index in [2.05, 4.69) is 19.2 Å². The Morgan fingerprint density at radius 3 is 2.79 bits per heavy atom. The van der Waals surface area contributed by atoms with Crippen LogP contribution in [0.4, 0.5) is 13.2 Å². The summed E-state index contributed by atoms with van der Waals surface area (Å²) in [5, 5.41) is 4.52. The van der Waals surface area contributed by atoms with E-state index in [4.69, 9.17) is 0 Å². The fraction of sp³-hybridized carbons (Fsp3) is 0.714. The van der Waals surface area contributed by atoms with Crippen LogP contribution in [0.3, 0.4) is 0 Å². The molecule has 1 unspecified atom stereocenters. The van der Waals surface area contributed by atoms with E-state index in [1.165, 1.54) is 10.4 Å². The Labute approximate surface area is 116 Å². The molecule has 0 aliphatic heterocycles. The van der Waals surface area contributed by atoms with E-state index in [9.17, 15) is 13.2 Å². The van der Waals surface area contributed by atoms with Gasteiger partial charge in [-0.2, -0.15) is 13.2 Å². The maximum atomic E-state index is 12.1. The molecule has 2 rings (SSSR count). The van der Waals surface area contributed by atoms with Crippen molar-refractivity contribution in [1.29, 1.82) is 0 Å². The fourth-order valence-corrected chi connectivity index (χ4v) is 3.86. The zero-order chi connectivity index (χ0) is 14.0. The minimum absolute atomic E-state index is 0.331. The highest BCUT2D eigenvalue weighted by atomic mass is 32.1. The summed E-state index contributed by atoms with van der Waals surface area (Å²) in [5.74, 6) is 1.41. The molecule has 1 aromatic heterocycles. The first-order valence-corrected chi connectivity index (χ1v) is 7.60. The van der Waals surface area contributed by atoms with Gasteiger partial charge in [0.1, 0.15) is 0 Å². The van der Waals surface area contributed by atoms with Crippen molar-refractivity contribution < 1.29 is 13.2 Å². The molecule has 1 nitrogen and oxygen atoms in total. The second-order valence-corrected chi connectivity index (χ2v) is 6.59. The van der Waals surface area contributed by atoms with Crippen molar-refractivity contribution in [3.8, 4) is 0 Å². The molecular weight excluding hydrogens is 271 g/mol. The topological polar surface area (TPSA) is 12.0 Å². The Morgan fingerprint density at radius 2 is 2.16 bits per heavy atom. The number of alkyl halides is 3. The van der Waals surface area contributed by atoms with Crippen LogP contribution in [0.15, 0.2) is 5.38 Å². The largest absolute Gasteiger partial charge is 0.401 e. The van der Waals surface area contributed by atoms with Crippen LogP contribution in [0.2, 0.25) is 0 Å². The van der Waals surface area contributed by atoms with E-state index in [-0.39, 0.29) is 0 Å². The van der Waals surface area contributed by atoms with E-state index >= 15 is 0 Å². The maximum absolute atomic E-state index is 12.1. The highest BCUT2D eigenvalue weighted by molar-refractivity contribution is 7.10. The van der Waals surface area contributed by atoms with Crippen LogP contribution >= 0.6 is 11.3 Å². The number of thiophene rings is 1. The summed E-state index contributed by atoms with van der Waals surface area (Å²) in [6, 6.07) is 0. The van der Waals surface area contributed by atoms with Crippen molar-refractivity contribution in [2.24, 2.45) is 11.8 Å². The number of halogens is 3. The van der Waals surface area contributed by atoms with Gasteiger partial charge in [-0.05, 0) is 47.6 Å². The first kappa shape index (κ1) is 14.9. The molecule has 1 aliphatic carbocycles. The van der Waals surface area contributed by atoms with Gasteiger partial charge in [0, 0.05) is 11.4 Å². The predicted octanol–water partition coefficient (Wildman–Crippen LogP) is 4.16. The summed E-state index contributed by atoms with van der Waals surface area (Å²) in [5.41, 5.74) is 2.36. The molecule has 1 N–H and O–H groups in total. The lowest BCUT2D eigenvalue weighted by Gasteiger charge is -2.26. The van der Waals surface area contributed by atoms with E-state index in [1.54, 1.807) is 11.3 Å². The van der Waals surface area contributed by atoms with Crippen molar-refractivity contribution in [2.75, 3.05) is 6.54 Å². The van der Waals surface area contributed by atoms with Gasteiger partial charge in [0.2, 0.25) is 0 Å². The van der Waals surface area contributed by atoms with Crippen LogP contribution in [-0.4, -0.2) is 12.7 Å². The Bertz CT molecular complexity index is 423. The summed E-state index contributed by atoms with van der Waals surface area (Å²) >= 11 is 1.71. The van der Waals surface area contributed by atoms with Crippen molar-refractivity contribution >= 4 is 11.3 Å². The highest BCUT2D eigenvalue weighted by Gasteiger charge is 2.27. The van der Waals surface area contributed by atoms with Gasteiger partial charge in [-0.3, -0.25) is 0 Å². The third-order valence-electron chi connectivity index (χ3n) is 3.86. The molecule has 0 bridgehead atoms. The molecule has 0 saturated carbocycles. The molecule has 19 heavy (non-hydrogen) atoms. The van der Waals surface area contributed by atoms with Crippen molar-refractivity contribution in [1.82, 2.24) is 5.32 Å². The minimum atomic E-state index is -4.13. The van der Waals surface area contributed by atoms with Crippen LogP contribution in [0, 0.1) is 11.8 Å². The van der Waals surface area contributed by atoms with Crippen molar-refractivity contribution in [2.45, 2.75) is 45.8 Å². The molecule has 108 valence electrons. The van der Waals surface area contributed by atoms with Gasteiger partial charge in [-0.25, -0.2) is 0 Å². The quantitative estimate of drug-likeness (QED) is 0.878. The summed E-state index contributed by atoms with van der Waals surface area (Å²) in [4.78, 5) is 1.38. The first-order chi connectivity index (χ1) is 8.87. The van der Waals surface area contributed by atoms with Crippen LogP contribution in [0.5, 0.6) is 0 Å². The number of rotatable bonds is 4. The van der Waals surface area contributed by atoms with Crippen LogP contribution in [-0.2, 0) is 19.4 Å². The van der Waals surface area contributed by atoms with Gasteiger partial charge >= 0.3 is 6.18 Å². The lowest BCUT2D eigenvalue weighted by molar-refractivity contribution is -0.125. The van der Waals surface area contributed by atoms with Gasteiger partial charge in [-0.1, -0.05) is 13.8 Å². The van der Waals surface area contributed by atoms with Gasteiger partial charge in [0.25, 0.3) is 0 Å². The number of fused-ring (bicyclic) bond motifs is 1. The van der Waals surface area contributed by atoms with E-state index in [0.717, 1.165) is 30.7 Å². The molecule has 0 amide bonds. The number of hydrogen-bond donors (Lipinski definition) is 1. The summed E-state index contributed by atoms with van der Waals surface area (Å²) < 4.78 is 36.3. The normalized spacial score (nSPS) is 19.8. The predicted molar refractivity (Wildman–Crippen MR) is 72.4 cm³/mol. The SMILES string of the molecule is CC(C)C1CCc2c(CNCC(F)(F)F)csc2C1. The Balaban J connectivity index is 1.95. The van der Waals surface area contributed by atoms with Gasteiger partial charge in [0.05, 0.1) is 6.54 Å². The third-order valence-corrected chi connectivity index (χ3v) is 4.96. The molecule has 1 aromatic rings. The monoisotopic (exact) mass is 291 g/mol. The van der Waals surface area contributed by atoms with Gasteiger partial charge < -0.3 is 5.32 Å². The maximum Gasteiger partial charge on any atom is 0.401 e. The van der Waals surface area contributed by atoms with Gasteiger partial charge in [-0.15, -0.1) is 11.3 Å². The Hall–Kier alpha value is -0.550. The summed E-state index contributed by atoms with van der Waals surface area (Å²) in [6.45, 7) is 3.91. The molecule has 0 fully saturated rings. The van der Waals surface area contributed by atoms with E-state index in [1.807, 2.05) is 5.38 Å². The first-order valence-electron chi connectivity index (χ1n) is 6.72. The molecule has 0 spiro atoms. The van der Waals surface area contributed by atoms with Crippen molar-refractivity contribution in [3.05, 3.63) is 21.4 Å². The van der Waals surface area contributed by atoms with E-state index in [0.29, 0.717) is 12.5 Å². The molecule has 1 atom stereocenters. The molecule has 0 saturated heterocycles. The fourth-order valence-electron chi connectivity index (χ4n) is 2.66. The molecule has 0 aromatic carbocycles. The zero-order valence-corrected chi connectivity index (χ0v) is 12.1.